The van der Waals surface area contributed by atoms with E-state index in [1.165, 1.54) is 6.07 Å². The number of aromatic nitrogens is 1. The first kappa shape index (κ1) is 14.6. The van der Waals surface area contributed by atoms with Crippen LogP contribution in [0.25, 0.3) is 10.9 Å². The number of para-hydroxylation sites is 1. The lowest BCUT2D eigenvalue weighted by molar-refractivity contribution is -0.387. The smallest absolute Gasteiger partial charge is 0.306 e. The van der Waals surface area contributed by atoms with Gasteiger partial charge in [-0.25, -0.2) is 4.98 Å². The number of halogens is 1. The van der Waals surface area contributed by atoms with E-state index in [1.54, 1.807) is 24.3 Å². The quantitative estimate of drug-likeness (QED) is 0.592. The Labute approximate surface area is 129 Å². The number of nitro groups is 1. The Morgan fingerprint density at radius 3 is 2.70 bits per heavy atom. The topological polar surface area (TPSA) is 85.1 Å². The fraction of sp³-hybridized carbons (Fsp3) is 0. The van der Waals surface area contributed by atoms with E-state index in [0.29, 0.717) is 5.52 Å². The summed E-state index contributed by atoms with van der Waals surface area (Å²) in [7, 11) is 0. The number of hydrogen-bond acceptors (Lipinski definition) is 4. The molecule has 2 aromatic carbocycles. The summed E-state index contributed by atoms with van der Waals surface area (Å²) in [6, 6.07) is 13.8. The van der Waals surface area contributed by atoms with Gasteiger partial charge in [0.25, 0.3) is 5.91 Å². The van der Waals surface area contributed by atoms with Crippen molar-refractivity contribution in [3.05, 3.63) is 76.2 Å². The number of amides is 1. The molecule has 0 atom stereocenters. The van der Waals surface area contributed by atoms with E-state index < -0.39 is 22.3 Å². The zero-order valence-electron chi connectivity index (χ0n) is 11.7. The number of benzene rings is 2. The van der Waals surface area contributed by atoms with Crippen LogP contribution in [0.3, 0.4) is 0 Å². The molecular formula is C16H10FN3O3. The molecule has 23 heavy (non-hydrogen) atoms. The van der Waals surface area contributed by atoms with E-state index in [-0.39, 0.29) is 11.4 Å². The fourth-order valence-electron chi connectivity index (χ4n) is 2.12. The average molecular weight is 311 g/mol. The lowest BCUT2D eigenvalue weighted by atomic mass is 10.2. The minimum atomic E-state index is -0.961. The Kier molecular flexibility index (Phi) is 3.68. The van der Waals surface area contributed by atoms with E-state index >= 15 is 0 Å². The van der Waals surface area contributed by atoms with Crippen LogP contribution < -0.4 is 5.32 Å². The number of carbonyl (C=O) groups is 1. The number of fused-ring (bicyclic) bond motifs is 1. The molecule has 114 valence electrons. The third-order valence-corrected chi connectivity index (χ3v) is 3.23. The summed E-state index contributed by atoms with van der Waals surface area (Å²) in [6.45, 7) is 0. The summed E-state index contributed by atoms with van der Waals surface area (Å²) in [5, 5.41) is 14.1. The first-order valence-corrected chi connectivity index (χ1v) is 6.66. The van der Waals surface area contributed by atoms with E-state index in [2.05, 4.69) is 10.3 Å². The fourth-order valence-corrected chi connectivity index (χ4v) is 2.12. The monoisotopic (exact) mass is 311 g/mol. The molecule has 1 heterocycles. The Hall–Kier alpha value is -3.35. The van der Waals surface area contributed by atoms with Crippen molar-refractivity contribution in [2.45, 2.75) is 0 Å². The molecule has 7 heteroatoms. The van der Waals surface area contributed by atoms with Crippen molar-refractivity contribution in [2.24, 2.45) is 0 Å². The van der Waals surface area contributed by atoms with E-state index in [9.17, 15) is 19.3 Å². The number of pyridine rings is 1. The highest BCUT2D eigenvalue weighted by atomic mass is 19.1. The maximum absolute atomic E-state index is 13.3. The second-order valence-electron chi connectivity index (χ2n) is 4.77. The number of nitrogens with one attached hydrogen (secondary N) is 1. The Balaban J connectivity index is 1.88. The molecule has 0 bridgehead atoms. The lowest BCUT2D eigenvalue weighted by Crippen LogP contribution is -2.13. The second-order valence-corrected chi connectivity index (χ2v) is 4.77. The van der Waals surface area contributed by atoms with Gasteiger partial charge >= 0.3 is 5.69 Å². The molecule has 0 fully saturated rings. The highest BCUT2D eigenvalue weighted by molar-refractivity contribution is 6.04. The van der Waals surface area contributed by atoms with Crippen LogP contribution in [0.15, 0.2) is 54.6 Å². The summed E-state index contributed by atoms with van der Waals surface area (Å²) < 4.78 is 13.3. The third-order valence-electron chi connectivity index (χ3n) is 3.23. The highest BCUT2D eigenvalue weighted by Gasteiger charge is 2.16. The van der Waals surface area contributed by atoms with Crippen LogP contribution in [0.2, 0.25) is 0 Å². The Morgan fingerprint density at radius 1 is 1.13 bits per heavy atom. The SMILES string of the molecule is O=C(Nc1ccc(F)c([N+](=O)[O-])c1)c1ccc2ccccc2n1. The Morgan fingerprint density at radius 2 is 1.91 bits per heavy atom. The number of nitrogens with zero attached hydrogens (tertiary/aromatic N) is 2. The molecule has 0 spiro atoms. The van der Waals surface area contributed by atoms with Crippen LogP contribution >= 0.6 is 0 Å². The molecule has 0 saturated heterocycles. The van der Waals surface area contributed by atoms with Crippen molar-refractivity contribution < 1.29 is 14.1 Å². The van der Waals surface area contributed by atoms with Crippen LogP contribution in [-0.2, 0) is 0 Å². The van der Waals surface area contributed by atoms with Gasteiger partial charge in [-0.1, -0.05) is 24.3 Å². The molecule has 3 rings (SSSR count). The van der Waals surface area contributed by atoms with Crippen LogP contribution in [-0.4, -0.2) is 15.8 Å². The van der Waals surface area contributed by atoms with Crippen LogP contribution in [0.5, 0.6) is 0 Å². The van der Waals surface area contributed by atoms with Crippen molar-refractivity contribution in [3.63, 3.8) is 0 Å². The van der Waals surface area contributed by atoms with Gasteiger partial charge in [0.05, 0.1) is 10.4 Å². The van der Waals surface area contributed by atoms with Crippen LogP contribution in [0.1, 0.15) is 10.5 Å². The number of nitro benzene ring substituents is 1. The van der Waals surface area contributed by atoms with Gasteiger partial charge in [-0.3, -0.25) is 14.9 Å². The normalized spacial score (nSPS) is 10.5. The summed E-state index contributed by atoms with van der Waals surface area (Å²) in [4.78, 5) is 26.3. The zero-order valence-corrected chi connectivity index (χ0v) is 11.7. The molecule has 1 N–H and O–H groups in total. The maximum atomic E-state index is 13.3. The predicted molar refractivity (Wildman–Crippen MR) is 82.8 cm³/mol. The van der Waals surface area contributed by atoms with Gasteiger partial charge in [0.2, 0.25) is 5.82 Å². The molecule has 3 aromatic rings. The summed E-state index contributed by atoms with van der Waals surface area (Å²) in [5.74, 6) is -1.49. The Bertz CT molecular complexity index is 927. The number of rotatable bonds is 3. The van der Waals surface area contributed by atoms with Crippen molar-refractivity contribution in [3.8, 4) is 0 Å². The van der Waals surface area contributed by atoms with Gasteiger partial charge in [0.15, 0.2) is 0 Å². The lowest BCUT2D eigenvalue weighted by Gasteiger charge is -2.06. The van der Waals surface area contributed by atoms with Crippen molar-refractivity contribution in [2.75, 3.05) is 5.32 Å². The molecule has 6 nitrogen and oxygen atoms in total. The van der Waals surface area contributed by atoms with Gasteiger partial charge in [0, 0.05) is 17.1 Å². The first-order chi connectivity index (χ1) is 11.0. The molecule has 0 saturated carbocycles. The maximum Gasteiger partial charge on any atom is 0.306 e. The van der Waals surface area contributed by atoms with Gasteiger partial charge in [0.1, 0.15) is 5.69 Å². The molecule has 0 radical (unpaired) electrons. The van der Waals surface area contributed by atoms with Crippen LogP contribution in [0, 0.1) is 15.9 Å². The third kappa shape index (κ3) is 2.98. The summed E-state index contributed by atoms with van der Waals surface area (Å²) >= 11 is 0. The molecule has 0 aliphatic heterocycles. The number of carbonyl (C=O) groups excluding carboxylic acids is 1. The molecule has 0 aliphatic carbocycles. The second kappa shape index (κ2) is 5.80. The summed E-state index contributed by atoms with van der Waals surface area (Å²) in [5.41, 5.74) is 0.244. The number of hydrogen-bond donors (Lipinski definition) is 1. The van der Waals surface area contributed by atoms with Crippen molar-refractivity contribution in [1.29, 1.82) is 0 Å². The summed E-state index contributed by atoms with van der Waals surface area (Å²) in [6.07, 6.45) is 0. The first-order valence-electron chi connectivity index (χ1n) is 6.66. The van der Waals surface area contributed by atoms with Gasteiger partial charge < -0.3 is 5.32 Å². The average Bonchev–Trinajstić information content (AvgIpc) is 2.55. The minimum Gasteiger partial charge on any atom is -0.320 e. The van der Waals surface area contributed by atoms with Crippen molar-refractivity contribution in [1.82, 2.24) is 4.98 Å². The molecule has 0 unspecified atom stereocenters. The molecular weight excluding hydrogens is 301 g/mol. The molecule has 0 aliphatic rings. The number of anilines is 1. The van der Waals surface area contributed by atoms with Crippen LogP contribution in [0.4, 0.5) is 15.8 Å². The van der Waals surface area contributed by atoms with E-state index in [0.717, 1.165) is 17.5 Å². The predicted octanol–water partition coefficient (Wildman–Crippen LogP) is 3.53. The van der Waals surface area contributed by atoms with E-state index in [1.807, 2.05) is 12.1 Å². The van der Waals surface area contributed by atoms with Crippen molar-refractivity contribution >= 4 is 28.2 Å². The van der Waals surface area contributed by atoms with Gasteiger partial charge in [-0.15, -0.1) is 0 Å². The van der Waals surface area contributed by atoms with Gasteiger partial charge in [-0.2, -0.15) is 4.39 Å². The molecule has 1 amide bonds. The van der Waals surface area contributed by atoms with E-state index in [4.69, 9.17) is 0 Å². The highest BCUT2D eigenvalue weighted by Crippen LogP contribution is 2.22. The zero-order chi connectivity index (χ0) is 16.4. The minimum absolute atomic E-state index is 0.123. The largest absolute Gasteiger partial charge is 0.320 e. The standard InChI is InChI=1S/C16H10FN3O3/c17-12-7-6-11(9-15(12)20(22)23)18-16(21)14-8-5-10-3-1-2-4-13(10)19-14/h1-9H,(H,18,21). The van der Waals surface area contributed by atoms with Gasteiger partial charge in [-0.05, 0) is 24.3 Å². The molecule has 1 aromatic heterocycles.